The lowest BCUT2D eigenvalue weighted by molar-refractivity contribution is -0.142. The van der Waals surface area contributed by atoms with Crippen molar-refractivity contribution in [1.29, 1.82) is 0 Å². The molecule has 8 heteroatoms. The van der Waals surface area contributed by atoms with Crippen molar-refractivity contribution in [3.05, 3.63) is 58.9 Å². The Bertz CT molecular complexity index is 912. The Labute approximate surface area is 161 Å². The van der Waals surface area contributed by atoms with Gasteiger partial charge in [-0.25, -0.2) is 9.18 Å². The van der Waals surface area contributed by atoms with Crippen molar-refractivity contribution in [2.45, 2.75) is 19.4 Å². The van der Waals surface area contributed by atoms with E-state index < -0.39 is 23.7 Å². The Morgan fingerprint density at radius 3 is 2.25 bits per heavy atom. The van der Waals surface area contributed by atoms with Crippen molar-refractivity contribution in [2.24, 2.45) is 0 Å². The first kappa shape index (κ1) is 20.9. The zero-order valence-corrected chi connectivity index (χ0v) is 15.6. The van der Waals surface area contributed by atoms with Crippen LogP contribution in [0.15, 0.2) is 36.4 Å². The van der Waals surface area contributed by atoms with E-state index in [0.29, 0.717) is 16.9 Å². The predicted molar refractivity (Wildman–Crippen MR) is 98.2 cm³/mol. The van der Waals surface area contributed by atoms with E-state index in [1.165, 1.54) is 39.3 Å². The maximum atomic E-state index is 13.9. The molecule has 2 N–H and O–H groups in total. The highest BCUT2D eigenvalue weighted by Crippen LogP contribution is 2.24. The lowest BCUT2D eigenvalue weighted by atomic mass is 10.0. The molecule has 2 aromatic rings. The van der Waals surface area contributed by atoms with Crippen molar-refractivity contribution in [1.82, 2.24) is 5.32 Å². The first-order chi connectivity index (χ1) is 13.3. The number of ketones is 1. The fourth-order valence-corrected chi connectivity index (χ4v) is 2.67. The molecule has 0 fully saturated rings. The molecule has 148 valence electrons. The number of nitrogens with one attached hydrogen (secondary N) is 1. The molecular formula is C20H20FNO6. The summed E-state index contributed by atoms with van der Waals surface area (Å²) in [4.78, 5) is 35.6. The van der Waals surface area contributed by atoms with E-state index in [1.54, 1.807) is 12.1 Å². The zero-order chi connectivity index (χ0) is 20.8. The summed E-state index contributed by atoms with van der Waals surface area (Å²) in [5.41, 5.74) is 0.886. The molecule has 0 aliphatic rings. The summed E-state index contributed by atoms with van der Waals surface area (Å²) in [6, 6.07) is 6.84. The number of Topliss-reactive ketones (excluding diaryl/α,β-unsaturated/α-hetero) is 1. The van der Waals surface area contributed by atoms with E-state index in [9.17, 15) is 23.9 Å². The van der Waals surface area contributed by atoms with Crippen LogP contribution in [-0.4, -0.2) is 37.0 Å². The van der Waals surface area contributed by atoms with Gasteiger partial charge < -0.3 is 19.9 Å². The average Bonchev–Trinajstić information content (AvgIpc) is 2.65. The van der Waals surface area contributed by atoms with Gasteiger partial charge in [0.1, 0.15) is 5.75 Å². The van der Waals surface area contributed by atoms with E-state index in [0.717, 1.165) is 6.07 Å². The number of benzene rings is 2. The second kappa shape index (κ2) is 8.98. The van der Waals surface area contributed by atoms with Gasteiger partial charge in [-0.05, 0) is 42.8 Å². The van der Waals surface area contributed by atoms with Crippen molar-refractivity contribution >= 4 is 17.7 Å². The second-order valence-electron chi connectivity index (χ2n) is 5.99. The molecule has 0 aliphatic carbocycles. The largest absolute Gasteiger partial charge is 0.496 e. The smallest absolute Gasteiger partial charge is 0.330 e. The summed E-state index contributed by atoms with van der Waals surface area (Å²) >= 11 is 0. The molecule has 7 nitrogen and oxygen atoms in total. The molecule has 0 aliphatic heterocycles. The molecule has 0 radical (unpaired) electrons. The van der Waals surface area contributed by atoms with Crippen molar-refractivity contribution in [2.75, 3.05) is 14.2 Å². The Kier molecular flexibility index (Phi) is 6.70. The second-order valence-corrected chi connectivity index (χ2v) is 5.99. The number of methoxy groups -OCH3 is 2. The monoisotopic (exact) mass is 389 g/mol. The van der Waals surface area contributed by atoms with E-state index in [4.69, 9.17) is 9.47 Å². The maximum absolute atomic E-state index is 13.9. The molecule has 2 aromatic carbocycles. The molecule has 28 heavy (non-hydrogen) atoms. The highest BCUT2D eigenvalue weighted by molar-refractivity contribution is 5.95. The number of carbonyl (C=O) groups is 3. The summed E-state index contributed by atoms with van der Waals surface area (Å²) in [5, 5.41) is 11.8. The van der Waals surface area contributed by atoms with Gasteiger partial charge in [-0.3, -0.25) is 9.59 Å². The Hall–Kier alpha value is -3.42. The SMILES string of the molecule is COc1ccc(C(NC(=O)Cc2cc(C(C)=O)ccc2OC)C(=O)O)cc1F. The van der Waals surface area contributed by atoms with E-state index in [-0.39, 0.29) is 23.5 Å². The topological polar surface area (TPSA) is 102 Å². The lowest BCUT2D eigenvalue weighted by Crippen LogP contribution is -2.34. The molecule has 0 bridgehead atoms. The fraction of sp³-hybridized carbons (Fsp3) is 0.250. The van der Waals surface area contributed by atoms with Crippen LogP contribution in [0.4, 0.5) is 4.39 Å². The van der Waals surface area contributed by atoms with Crippen LogP contribution in [0.1, 0.15) is 34.5 Å². The van der Waals surface area contributed by atoms with Crippen molar-refractivity contribution in [3.8, 4) is 11.5 Å². The Morgan fingerprint density at radius 1 is 1.07 bits per heavy atom. The summed E-state index contributed by atoms with van der Waals surface area (Å²) in [7, 11) is 2.71. The van der Waals surface area contributed by atoms with Gasteiger partial charge in [0.2, 0.25) is 5.91 Å². The third kappa shape index (κ3) is 4.85. The molecule has 0 aromatic heterocycles. The Balaban J connectivity index is 2.24. The summed E-state index contributed by atoms with van der Waals surface area (Å²) in [6.07, 6.45) is -0.216. The standard InChI is InChI=1S/C20H20FNO6/c1-11(23)12-4-6-16(27-2)14(8-12)10-18(24)22-19(20(25)26)13-5-7-17(28-3)15(21)9-13/h4-9,19H,10H2,1-3H3,(H,22,24)(H,25,26). The van der Waals surface area contributed by atoms with Crippen LogP contribution in [-0.2, 0) is 16.0 Å². The van der Waals surface area contributed by atoms with Gasteiger partial charge in [0.15, 0.2) is 23.4 Å². The van der Waals surface area contributed by atoms with E-state index >= 15 is 0 Å². The van der Waals surface area contributed by atoms with Gasteiger partial charge in [-0.1, -0.05) is 6.07 Å². The van der Waals surface area contributed by atoms with Crippen LogP contribution in [0.2, 0.25) is 0 Å². The molecule has 1 unspecified atom stereocenters. The number of hydrogen-bond acceptors (Lipinski definition) is 5. The number of rotatable bonds is 8. The van der Waals surface area contributed by atoms with Crippen LogP contribution in [0.5, 0.6) is 11.5 Å². The van der Waals surface area contributed by atoms with Gasteiger partial charge in [-0.2, -0.15) is 0 Å². The molecule has 1 amide bonds. The van der Waals surface area contributed by atoms with Gasteiger partial charge in [0.05, 0.1) is 20.6 Å². The first-order valence-electron chi connectivity index (χ1n) is 8.30. The third-order valence-electron chi connectivity index (χ3n) is 4.10. The van der Waals surface area contributed by atoms with Gasteiger partial charge in [0.25, 0.3) is 0 Å². The van der Waals surface area contributed by atoms with E-state index in [2.05, 4.69) is 5.32 Å². The molecule has 2 rings (SSSR count). The minimum absolute atomic E-state index is 0.0370. The van der Waals surface area contributed by atoms with Crippen molar-refractivity contribution in [3.63, 3.8) is 0 Å². The number of amides is 1. The van der Waals surface area contributed by atoms with Crippen LogP contribution >= 0.6 is 0 Å². The average molecular weight is 389 g/mol. The molecule has 1 atom stereocenters. The molecular weight excluding hydrogens is 369 g/mol. The van der Waals surface area contributed by atoms with Crippen LogP contribution < -0.4 is 14.8 Å². The minimum Gasteiger partial charge on any atom is -0.496 e. The number of ether oxygens (including phenoxy) is 2. The lowest BCUT2D eigenvalue weighted by Gasteiger charge is -2.16. The highest BCUT2D eigenvalue weighted by Gasteiger charge is 2.24. The molecule has 0 saturated carbocycles. The number of aliphatic carboxylic acids is 1. The van der Waals surface area contributed by atoms with Crippen LogP contribution in [0, 0.1) is 5.82 Å². The van der Waals surface area contributed by atoms with E-state index in [1.807, 2.05) is 0 Å². The fourth-order valence-electron chi connectivity index (χ4n) is 2.67. The number of carbonyl (C=O) groups excluding carboxylic acids is 2. The van der Waals surface area contributed by atoms with Gasteiger partial charge in [0, 0.05) is 11.1 Å². The predicted octanol–water partition coefficient (Wildman–Crippen LogP) is 2.53. The van der Waals surface area contributed by atoms with Crippen LogP contribution in [0.25, 0.3) is 0 Å². The summed E-state index contributed by atoms with van der Waals surface area (Å²) in [5.74, 6) is -2.53. The van der Waals surface area contributed by atoms with Gasteiger partial charge in [-0.15, -0.1) is 0 Å². The Morgan fingerprint density at radius 2 is 1.71 bits per heavy atom. The highest BCUT2D eigenvalue weighted by atomic mass is 19.1. The molecule has 0 spiro atoms. The quantitative estimate of drug-likeness (QED) is 0.673. The maximum Gasteiger partial charge on any atom is 0.330 e. The number of halogens is 1. The summed E-state index contributed by atoms with van der Waals surface area (Å²) < 4.78 is 23.9. The number of hydrogen-bond donors (Lipinski definition) is 2. The molecule has 0 heterocycles. The first-order valence-corrected chi connectivity index (χ1v) is 8.30. The summed E-state index contributed by atoms with van der Waals surface area (Å²) in [6.45, 7) is 1.39. The molecule has 0 saturated heterocycles. The minimum atomic E-state index is -1.45. The third-order valence-corrected chi connectivity index (χ3v) is 4.10. The normalized spacial score (nSPS) is 11.4. The van der Waals surface area contributed by atoms with Crippen LogP contribution in [0.3, 0.4) is 0 Å². The number of carboxylic acid groups (broad SMARTS) is 1. The zero-order valence-electron chi connectivity index (χ0n) is 15.6. The van der Waals surface area contributed by atoms with Gasteiger partial charge >= 0.3 is 5.97 Å². The number of carboxylic acids is 1. The van der Waals surface area contributed by atoms with Crippen molar-refractivity contribution < 1.29 is 33.4 Å².